The number of likely N-dealkylation sites (tertiary alicyclic amines) is 1. The number of piperazine rings is 4. The first kappa shape index (κ1) is 78.8. The molecule has 12 nitrogen and oxygen atoms in total. The number of hydrogen-bond acceptors (Lipinski definition) is 12. The Morgan fingerprint density at radius 1 is 0.344 bits per heavy atom. The van der Waals surface area contributed by atoms with E-state index in [0.717, 1.165) is 147 Å². The van der Waals surface area contributed by atoms with Crippen molar-refractivity contribution in [1.82, 2.24) is 39.7 Å². The van der Waals surface area contributed by atoms with Crippen molar-refractivity contribution in [2.45, 2.75) is 156 Å². The number of alkyl halides is 15. The lowest BCUT2D eigenvalue weighted by molar-refractivity contribution is -0.138. The molecule has 0 saturated carbocycles. The third-order valence-corrected chi connectivity index (χ3v) is 18.1. The summed E-state index contributed by atoms with van der Waals surface area (Å²) in [6.07, 6.45) is -17.6. The number of nitrogens with zero attached hydrogens (tertiary/aromatic N) is 12. The highest BCUT2D eigenvalue weighted by Gasteiger charge is 2.37. The zero-order chi connectivity index (χ0) is 71.1. The number of aromatic nitrogens is 3. The number of rotatable bonds is 10. The molecule has 5 saturated heterocycles. The molecule has 0 bridgehead atoms. The van der Waals surface area contributed by atoms with Crippen molar-refractivity contribution < 1.29 is 65.9 Å². The first-order valence-corrected chi connectivity index (χ1v) is 32.9. The van der Waals surface area contributed by atoms with Crippen LogP contribution in [0.1, 0.15) is 127 Å². The van der Waals surface area contributed by atoms with Crippen molar-refractivity contribution in [3.05, 3.63) is 136 Å². The molecule has 5 fully saturated rings. The molecule has 0 unspecified atom stereocenters. The standard InChI is InChI=1S/C15H21F3N2.C15H20F3N.C14H19F3N2.C13H18F3N3.C12H17F3N4/c1-11(2)19-4-6-20(7-5-19)14-9-12(3)8-13(10-14)15(16,17)18;1-11(2)19-8-6-12(7-9-19)13-4-3-5-14(10-13)15(16,17)18;1-11(2)18-6-8-19(9-7-18)13-5-3-4-12(10-13)14(15,16)17;1-10(2)18-5-7-19(8-6-18)12-9-11(3-4-17-12)13(14,15)16;1-9(2)18-3-5-19(6-4-18)11-7-10(8-16-17-11)12(13,14)15/h8-11H,4-7H2,1-3H3;3-5,10-12H,6-9H2,1-2H3;3-5,10-11H,6-9H2,1-2H3;3-4,9-10H,5-8H2,1-2H3;7-9H,3-6H2,1-2H3. The minimum atomic E-state index is -4.37. The lowest BCUT2D eigenvalue weighted by Crippen LogP contribution is -2.49. The number of aryl methyl sites for hydroxylation is 1. The molecule has 10 rings (SSSR count). The van der Waals surface area contributed by atoms with E-state index in [-0.39, 0.29) is 5.92 Å². The Hall–Kier alpha value is -6.16. The summed E-state index contributed by atoms with van der Waals surface area (Å²) in [6, 6.07) is 21.3. The molecular formula is C69H95F15N12. The van der Waals surface area contributed by atoms with Gasteiger partial charge in [0.25, 0.3) is 0 Å². The van der Waals surface area contributed by atoms with E-state index in [0.29, 0.717) is 85.0 Å². The van der Waals surface area contributed by atoms with E-state index >= 15 is 0 Å². The summed E-state index contributed by atoms with van der Waals surface area (Å²) in [5.74, 6) is 0.980. The van der Waals surface area contributed by atoms with Gasteiger partial charge in [-0.15, -0.1) is 5.10 Å². The van der Waals surface area contributed by atoms with Crippen LogP contribution in [0.2, 0.25) is 0 Å². The molecule has 0 N–H and O–H groups in total. The number of halogens is 15. The van der Waals surface area contributed by atoms with Gasteiger partial charge < -0.3 is 24.5 Å². The van der Waals surface area contributed by atoms with Crippen LogP contribution in [-0.4, -0.2) is 188 Å². The molecule has 0 radical (unpaired) electrons. The fourth-order valence-corrected chi connectivity index (χ4v) is 12.1. The van der Waals surface area contributed by atoms with E-state index in [1.54, 1.807) is 13.0 Å². The van der Waals surface area contributed by atoms with Gasteiger partial charge in [0.05, 0.1) is 34.0 Å². The van der Waals surface area contributed by atoms with Crippen LogP contribution < -0.4 is 19.6 Å². The smallest absolute Gasteiger partial charge is 0.369 e. The highest BCUT2D eigenvalue weighted by atomic mass is 19.4. The van der Waals surface area contributed by atoms with Crippen molar-refractivity contribution in [3.8, 4) is 0 Å². The Morgan fingerprint density at radius 3 is 1.12 bits per heavy atom. The molecule has 0 spiro atoms. The molecule has 0 amide bonds. The summed E-state index contributed by atoms with van der Waals surface area (Å²) >= 11 is 0. The van der Waals surface area contributed by atoms with Gasteiger partial charge in [-0.05, 0) is 180 Å². The van der Waals surface area contributed by atoms with E-state index < -0.39 is 58.7 Å². The predicted octanol–water partition coefficient (Wildman–Crippen LogP) is 15.7. The summed E-state index contributed by atoms with van der Waals surface area (Å²) in [5, 5.41) is 7.26. The normalized spacial score (nSPS) is 18.2. The molecule has 96 heavy (non-hydrogen) atoms. The van der Waals surface area contributed by atoms with Gasteiger partial charge in [0.1, 0.15) is 5.82 Å². The molecule has 536 valence electrons. The second-order valence-electron chi connectivity index (χ2n) is 26.3. The van der Waals surface area contributed by atoms with Crippen molar-refractivity contribution in [3.63, 3.8) is 0 Å². The third-order valence-electron chi connectivity index (χ3n) is 18.1. The Kier molecular flexibility index (Phi) is 28.4. The van der Waals surface area contributed by atoms with E-state index in [9.17, 15) is 65.9 Å². The average Bonchev–Trinajstić information content (AvgIpc) is 0.898. The van der Waals surface area contributed by atoms with Crippen molar-refractivity contribution in [1.29, 1.82) is 0 Å². The maximum Gasteiger partial charge on any atom is 0.418 e. The number of benzene rings is 3. The molecule has 5 aliphatic rings. The van der Waals surface area contributed by atoms with E-state index in [2.05, 4.69) is 109 Å². The fraction of sp³-hybridized carbons (Fsp3) is 0.609. The van der Waals surface area contributed by atoms with Gasteiger partial charge >= 0.3 is 30.9 Å². The Balaban J connectivity index is 0.000000190. The Morgan fingerprint density at radius 2 is 0.698 bits per heavy atom. The Bertz CT molecular complexity index is 2780. The number of piperidine rings is 1. The number of anilines is 4. The van der Waals surface area contributed by atoms with Gasteiger partial charge in [0.15, 0.2) is 5.82 Å². The zero-order valence-corrected chi connectivity index (χ0v) is 56.9. The van der Waals surface area contributed by atoms with E-state index in [1.165, 1.54) is 42.6 Å². The fourth-order valence-electron chi connectivity index (χ4n) is 12.1. The maximum absolute atomic E-state index is 12.9. The van der Waals surface area contributed by atoms with Crippen molar-refractivity contribution >= 4 is 23.0 Å². The lowest BCUT2D eigenvalue weighted by Gasteiger charge is -2.38. The highest BCUT2D eigenvalue weighted by molar-refractivity contribution is 5.53. The molecule has 0 aliphatic carbocycles. The van der Waals surface area contributed by atoms with Crippen LogP contribution in [0.25, 0.3) is 0 Å². The van der Waals surface area contributed by atoms with Crippen LogP contribution in [-0.2, 0) is 30.9 Å². The molecule has 2 aromatic heterocycles. The van der Waals surface area contributed by atoms with Gasteiger partial charge in [-0.3, -0.25) is 19.6 Å². The molecule has 5 aromatic rings. The average molecular weight is 1380 g/mol. The zero-order valence-electron chi connectivity index (χ0n) is 56.9. The van der Waals surface area contributed by atoms with Crippen LogP contribution in [0.15, 0.2) is 97.3 Å². The molecule has 3 aromatic carbocycles. The van der Waals surface area contributed by atoms with Gasteiger partial charge in [0, 0.05) is 152 Å². The Labute approximate surface area is 556 Å². The van der Waals surface area contributed by atoms with Gasteiger partial charge in [0.2, 0.25) is 0 Å². The van der Waals surface area contributed by atoms with Gasteiger partial charge in [-0.2, -0.15) is 71.0 Å². The maximum atomic E-state index is 12.9. The van der Waals surface area contributed by atoms with Crippen molar-refractivity contribution in [2.24, 2.45) is 0 Å². The van der Waals surface area contributed by atoms with Crippen LogP contribution in [0, 0.1) is 6.92 Å². The SMILES string of the molecule is CC(C)N1CCC(c2cccc(C(F)(F)F)c2)CC1.CC(C)N1CCN(c2cc(C(F)(F)F)ccn2)CC1.CC(C)N1CCN(c2cc(C(F)(F)F)cnn2)CC1.CC(C)N1CCN(c2cccc(C(F)(F)F)c2)CC1.Cc1cc(N2CCN(C(C)C)CC2)cc(C(F)(F)F)c1. The summed E-state index contributed by atoms with van der Waals surface area (Å²) < 4.78 is 190. The first-order valence-electron chi connectivity index (χ1n) is 32.9. The predicted molar refractivity (Wildman–Crippen MR) is 350 cm³/mol. The van der Waals surface area contributed by atoms with Crippen LogP contribution in [0.4, 0.5) is 88.9 Å². The van der Waals surface area contributed by atoms with Gasteiger partial charge in [-0.25, -0.2) is 4.98 Å². The van der Waals surface area contributed by atoms with Crippen LogP contribution in [0.3, 0.4) is 0 Å². The van der Waals surface area contributed by atoms with Crippen molar-refractivity contribution in [2.75, 3.05) is 137 Å². The number of pyridine rings is 1. The minimum absolute atomic E-state index is 0.261. The summed E-state index contributed by atoms with van der Waals surface area (Å²) in [5.41, 5.74) is -0.211. The van der Waals surface area contributed by atoms with Crippen LogP contribution >= 0.6 is 0 Å². The highest BCUT2D eigenvalue weighted by Crippen LogP contribution is 2.38. The van der Waals surface area contributed by atoms with Crippen LogP contribution in [0.5, 0.6) is 0 Å². The molecule has 0 atom stereocenters. The quantitative estimate of drug-likeness (QED) is 0.125. The molecule has 27 heteroatoms. The first-order chi connectivity index (χ1) is 44.8. The van der Waals surface area contributed by atoms with Gasteiger partial charge in [-0.1, -0.05) is 24.3 Å². The third kappa shape index (κ3) is 24.1. The summed E-state index contributed by atoms with van der Waals surface area (Å²) in [7, 11) is 0. The minimum Gasteiger partial charge on any atom is -0.369 e. The van der Waals surface area contributed by atoms with E-state index in [1.807, 2.05) is 31.7 Å². The topological polar surface area (TPSA) is 67.8 Å². The summed E-state index contributed by atoms with van der Waals surface area (Å²) in [4.78, 5) is 23.5. The van der Waals surface area contributed by atoms with E-state index in [4.69, 9.17) is 0 Å². The molecular weight excluding hydrogens is 1280 g/mol. The molecule has 7 heterocycles. The largest absolute Gasteiger partial charge is 0.418 e. The molecule has 5 aliphatic heterocycles. The second kappa shape index (κ2) is 34.6. The monoisotopic (exact) mass is 1380 g/mol. The summed E-state index contributed by atoms with van der Waals surface area (Å²) in [6.45, 7) is 37.8. The lowest BCUT2D eigenvalue weighted by atomic mass is 9.88. The second-order valence-corrected chi connectivity index (χ2v) is 26.3. The number of hydrogen-bond donors (Lipinski definition) is 0.